The zero-order valence-electron chi connectivity index (χ0n) is 21.3. The number of halogens is 3. The SMILES string of the molecule is Cn1nncc1-c1cc(C(F)(F)F)cc(C(OC2CCCNC2)C(=O)OC(C)(C)C)c1-c1ccccc1. The summed E-state index contributed by atoms with van der Waals surface area (Å²) in [4.78, 5) is 13.6. The maximum atomic E-state index is 14.2. The van der Waals surface area contributed by atoms with Gasteiger partial charge in [-0.3, -0.25) is 0 Å². The van der Waals surface area contributed by atoms with Crippen LogP contribution >= 0.6 is 0 Å². The largest absolute Gasteiger partial charge is 0.458 e. The molecule has 10 heteroatoms. The first-order chi connectivity index (χ1) is 17.4. The molecule has 2 aromatic carbocycles. The Balaban J connectivity index is 2.00. The molecule has 4 rings (SSSR count). The number of hydrogen-bond donors (Lipinski definition) is 1. The molecule has 0 amide bonds. The first-order valence-corrected chi connectivity index (χ1v) is 12.2. The second-order valence-electron chi connectivity index (χ2n) is 10.1. The summed E-state index contributed by atoms with van der Waals surface area (Å²) in [5.74, 6) is -0.747. The molecule has 0 saturated carbocycles. The Labute approximate surface area is 214 Å². The van der Waals surface area contributed by atoms with Crippen LogP contribution in [-0.2, 0) is 27.5 Å². The third kappa shape index (κ3) is 6.37. The van der Waals surface area contributed by atoms with Gasteiger partial charge in [0.15, 0.2) is 6.10 Å². The standard InChI is InChI=1S/C27H31F3N4O3/c1-26(2,3)37-25(35)24(36-19-11-8-12-31-15-19)21-14-18(27(28,29)30)13-20(22-16-32-33-34(22)4)23(21)17-9-6-5-7-10-17/h5-7,9-10,13-14,16,19,24,31H,8,11-12,15H2,1-4H3. The van der Waals surface area contributed by atoms with E-state index in [1.54, 1.807) is 52.1 Å². The molecule has 0 radical (unpaired) electrons. The molecule has 1 aliphatic rings. The van der Waals surface area contributed by atoms with Crippen molar-refractivity contribution in [2.24, 2.45) is 7.05 Å². The Bertz CT molecular complexity index is 1230. The molecule has 1 aliphatic heterocycles. The summed E-state index contributed by atoms with van der Waals surface area (Å²) in [6, 6.07) is 11.0. The van der Waals surface area contributed by atoms with E-state index in [9.17, 15) is 18.0 Å². The Morgan fingerprint density at radius 2 is 1.89 bits per heavy atom. The number of esters is 1. The second-order valence-corrected chi connectivity index (χ2v) is 10.1. The van der Waals surface area contributed by atoms with Gasteiger partial charge in [0.2, 0.25) is 0 Å². The molecule has 0 bridgehead atoms. The highest BCUT2D eigenvalue weighted by molar-refractivity contribution is 5.89. The van der Waals surface area contributed by atoms with Crippen LogP contribution in [0.1, 0.15) is 50.8 Å². The molecule has 2 atom stereocenters. The Morgan fingerprint density at radius 1 is 1.16 bits per heavy atom. The Kier molecular flexibility index (Phi) is 7.70. The number of ether oxygens (including phenoxy) is 2. The minimum absolute atomic E-state index is 0.0806. The van der Waals surface area contributed by atoms with E-state index in [1.807, 2.05) is 6.07 Å². The van der Waals surface area contributed by atoms with Crippen LogP contribution < -0.4 is 5.32 Å². The monoisotopic (exact) mass is 516 g/mol. The minimum atomic E-state index is -4.67. The van der Waals surface area contributed by atoms with Crippen LogP contribution in [0.3, 0.4) is 0 Å². The predicted molar refractivity (Wildman–Crippen MR) is 132 cm³/mol. The number of aryl methyl sites for hydroxylation is 1. The maximum absolute atomic E-state index is 14.2. The number of piperidine rings is 1. The first kappa shape index (κ1) is 26.8. The fourth-order valence-electron chi connectivity index (χ4n) is 4.44. The van der Waals surface area contributed by atoms with Gasteiger partial charge in [-0.25, -0.2) is 9.48 Å². The zero-order chi connectivity index (χ0) is 26.8. The summed E-state index contributed by atoms with van der Waals surface area (Å²) in [7, 11) is 1.60. The van der Waals surface area contributed by atoms with Crippen LogP contribution in [0.4, 0.5) is 13.2 Å². The van der Waals surface area contributed by atoms with Crippen molar-refractivity contribution in [1.29, 1.82) is 0 Å². The molecule has 3 aromatic rings. The molecular weight excluding hydrogens is 485 g/mol. The molecule has 0 spiro atoms. The smallest absolute Gasteiger partial charge is 0.416 e. The number of nitrogens with one attached hydrogen (secondary N) is 1. The van der Waals surface area contributed by atoms with Crippen LogP contribution in [0.5, 0.6) is 0 Å². The predicted octanol–water partition coefficient (Wildman–Crippen LogP) is 5.32. The quantitative estimate of drug-likeness (QED) is 0.447. The summed E-state index contributed by atoms with van der Waals surface area (Å²) >= 11 is 0. The van der Waals surface area contributed by atoms with Gasteiger partial charge in [0, 0.05) is 24.7 Å². The lowest BCUT2D eigenvalue weighted by Gasteiger charge is -2.31. The number of benzene rings is 2. The molecule has 2 unspecified atom stereocenters. The summed E-state index contributed by atoms with van der Waals surface area (Å²) in [5, 5.41) is 11.0. The Morgan fingerprint density at radius 3 is 2.46 bits per heavy atom. The number of rotatable bonds is 6. The molecule has 37 heavy (non-hydrogen) atoms. The van der Waals surface area contributed by atoms with E-state index < -0.39 is 29.4 Å². The maximum Gasteiger partial charge on any atom is 0.416 e. The fraction of sp³-hybridized carbons (Fsp3) is 0.444. The molecule has 198 valence electrons. The summed E-state index contributed by atoms with van der Waals surface area (Å²) in [6.07, 6.45) is -3.53. The van der Waals surface area contributed by atoms with Gasteiger partial charge in [-0.15, -0.1) is 5.10 Å². The van der Waals surface area contributed by atoms with Gasteiger partial charge in [-0.1, -0.05) is 35.5 Å². The highest BCUT2D eigenvalue weighted by Gasteiger charge is 2.38. The van der Waals surface area contributed by atoms with Crippen molar-refractivity contribution in [3.63, 3.8) is 0 Å². The number of carbonyl (C=O) groups is 1. The third-order valence-corrected chi connectivity index (χ3v) is 6.03. The number of hydrogen-bond acceptors (Lipinski definition) is 6. The number of carbonyl (C=O) groups excluding carboxylic acids is 1. The van der Waals surface area contributed by atoms with Gasteiger partial charge in [-0.2, -0.15) is 13.2 Å². The van der Waals surface area contributed by atoms with E-state index in [0.29, 0.717) is 29.8 Å². The molecular formula is C27H31F3N4O3. The van der Waals surface area contributed by atoms with E-state index >= 15 is 0 Å². The van der Waals surface area contributed by atoms with Crippen molar-refractivity contribution in [3.05, 3.63) is 59.8 Å². The van der Waals surface area contributed by atoms with Crippen LogP contribution in [0.2, 0.25) is 0 Å². The lowest BCUT2D eigenvalue weighted by molar-refractivity contribution is -0.173. The topological polar surface area (TPSA) is 78.3 Å². The number of aromatic nitrogens is 3. The molecule has 0 aliphatic carbocycles. The van der Waals surface area contributed by atoms with Gasteiger partial charge in [-0.05, 0) is 63.4 Å². The van der Waals surface area contributed by atoms with Crippen molar-refractivity contribution in [1.82, 2.24) is 20.3 Å². The van der Waals surface area contributed by atoms with Crippen molar-refractivity contribution in [2.45, 2.75) is 57.6 Å². The lowest BCUT2D eigenvalue weighted by atomic mass is 9.87. The third-order valence-electron chi connectivity index (χ3n) is 6.03. The van der Waals surface area contributed by atoms with Gasteiger partial charge in [0.25, 0.3) is 0 Å². The number of nitrogens with zero attached hydrogens (tertiary/aromatic N) is 3. The second kappa shape index (κ2) is 10.6. The minimum Gasteiger partial charge on any atom is -0.458 e. The summed E-state index contributed by atoms with van der Waals surface area (Å²) < 4.78 is 56.0. The van der Waals surface area contributed by atoms with Crippen LogP contribution in [-0.4, -0.2) is 45.8 Å². The molecule has 7 nitrogen and oxygen atoms in total. The molecule has 1 N–H and O–H groups in total. The van der Waals surface area contributed by atoms with Gasteiger partial charge < -0.3 is 14.8 Å². The van der Waals surface area contributed by atoms with Gasteiger partial charge in [0.1, 0.15) is 5.60 Å². The van der Waals surface area contributed by atoms with Gasteiger partial charge in [0.05, 0.1) is 23.6 Å². The van der Waals surface area contributed by atoms with Crippen LogP contribution in [0.15, 0.2) is 48.7 Å². The van der Waals surface area contributed by atoms with Crippen LogP contribution in [0.25, 0.3) is 22.4 Å². The zero-order valence-corrected chi connectivity index (χ0v) is 21.3. The van der Waals surface area contributed by atoms with Crippen LogP contribution in [0, 0.1) is 0 Å². The van der Waals surface area contributed by atoms with E-state index in [4.69, 9.17) is 9.47 Å². The van der Waals surface area contributed by atoms with E-state index in [1.165, 1.54) is 10.9 Å². The van der Waals surface area contributed by atoms with Crippen molar-refractivity contribution >= 4 is 5.97 Å². The lowest BCUT2D eigenvalue weighted by Crippen LogP contribution is -2.38. The van der Waals surface area contributed by atoms with E-state index in [0.717, 1.165) is 25.1 Å². The summed E-state index contributed by atoms with van der Waals surface area (Å²) in [6.45, 7) is 6.42. The Hall–Kier alpha value is -3.24. The number of alkyl halides is 3. The molecule has 1 saturated heterocycles. The van der Waals surface area contributed by atoms with Gasteiger partial charge >= 0.3 is 12.1 Å². The molecule has 1 aromatic heterocycles. The van der Waals surface area contributed by atoms with Crippen molar-refractivity contribution < 1.29 is 27.4 Å². The van der Waals surface area contributed by atoms with E-state index in [2.05, 4.69) is 15.6 Å². The van der Waals surface area contributed by atoms with Crippen molar-refractivity contribution in [2.75, 3.05) is 13.1 Å². The normalized spacial score (nSPS) is 17.4. The first-order valence-electron chi connectivity index (χ1n) is 12.2. The summed E-state index contributed by atoms with van der Waals surface area (Å²) in [5.41, 5.74) is -0.0300. The molecule has 1 fully saturated rings. The average molecular weight is 517 g/mol. The fourth-order valence-corrected chi connectivity index (χ4v) is 4.44. The average Bonchev–Trinajstić information content (AvgIpc) is 3.27. The highest BCUT2D eigenvalue weighted by atomic mass is 19.4. The highest BCUT2D eigenvalue weighted by Crippen LogP contribution is 2.44. The van der Waals surface area contributed by atoms with E-state index in [-0.39, 0.29) is 17.2 Å². The molecule has 2 heterocycles. The van der Waals surface area contributed by atoms with Crippen molar-refractivity contribution in [3.8, 4) is 22.4 Å².